The molecule has 0 bridgehead atoms. The third-order valence-electron chi connectivity index (χ3n) is 2.56. The zero-order chi connectivity index (χ0) is 10.5. The zero-order valence-corrected chi connectivity index (χ0v) is 9.37. The summed E-state index contributed by atoms with van der Waals surface area (Å²) in [5.74, 6) is 1.22. The van der Waals surface area contributed by atoms with Crippen LogP contribution in [0.2, 0.25) is 0 Å². The van der Waals surface area contributed by atoms with Crippen molar-refractivity contribution in [2.45, 2.75) is 17.9 Å². The van der Waals surface area contributed by atoms with Crippen molar-refractivity contribution in [3.63, 3.8) is 0 Å². The number of nitrogens with one attached hydrogen (secondary N) is 1. The van der Waals surface area contributed by atoms with Gasteiger partial charge in [0.2, 0.25) is 0 Å². The van der Waals surface area contributed by atoms with Crippen molar-refractivity contribution in [1.82, 2.24) is 15.3 Å². The third kappa shape index (κ3) is 3.07. The summed E-state index contributed by atoms with van der Waals surface area (Å²) in [6.45, 7) is 2.07. The molecule has 15 heavy (non-hydrogen) atoms. The Bertz CT molecular complexity index is 325. The first-order chi connectivity index (χ1) is 7.36. The smallest absolute Gasteiger partial charge is 0.145 e. The van der Waals surface area contributed by atoms with Crippen LogP contribution in [0.1, 0.15) is 12.8 Å². The lowest BCUT2D eigenvalue weighted by atomic mass is 10.0. The lowest BCUT2D eigenvalue weighted by Gasteiger charge is -2.21. The van der Waals surface area contributed by atoms with Crippen LogP contribution in [0.5, 0.6) is 0 Å². The van der Waals surface area contributed by atoms with E-state index in [0.717, 1.165) is 13.1 Å². The molecule has 1 aliphatic rings. The van der Waals surface area contributed by atoms with E-state index in [1.165, 1.54) is 12.8 Å². The predicted octanol–water partition coefficient (Wildman–Crippen LogP) is 0.584. The maximum Gasteiger partial charge on any atom is 0.145 e. The minimum atomic E-state index is -0.995. The van der Waals surface area contributed by atoms with Crippen molar-refractivity contribution in [1.29, 1.82) is 0 Å². The minimum Gasteiger partial charge on any atom is -0.316 e. The maximum atomic E-state index is 11.9. The molecule has 0 saturated carbocycles. The molecule has 0 aliphatic carbocycles. The van der Waals surface area contributed by atoms with Gasteiger partial charge in [0, 0.05) is 18.1 Å². The van der Waals surface area contributed by atoms with Gasteiger partial charge in [-0.05, 0) is 31.8 Å². The number of nitrogens with zero attached hydrogens (tertiary/aromatic N) is 2. The van der Waals surface area contributed by atoms with Crippen molar-refractivity contribution in [2.24, 2.45) is 5.92 Å². The van der Waals surface area contributed by atoms with Crippen molar-refractivity contribution in [3.8, 4) is 0 Å². The van der Waals surface area contributed by atoms with E-state index >= 15 is 0 Å². The highest BCUT2D eigenvalue weighted by atomic mass is 32.2. The molecule has 1 aliphatic heterocycles. The zero-order valence-electron chi connectivity index (χ0n) is 8.56. The van der Waals surface area contributed by atoms with Gasteiger partial charge < -0.3 is 5.32 Å². The summed E-state index contributed by atoms with van der Waals surface area (Å²) in [4.78, 5) is 7.99. The topological polar surface area (TPSA) is 54.9 Å². The predicted molar refractivity (Wildman–Crippen MR) is 58.9 cm³/mol. The number of aromatic nitrogens is 2. The first kappa shape index (κ1) is 10.7. The highest BCUT2D eigenvalue weighted by molar-refractivity contribution is 7.84. The van der Waals surface area contributed by atoms with Crippen molar-refractivity contribution >= 4 is 10.8 Å². The number of rotatable bonds is 3. The Balaban J connectivity index is 1.91. The molecule has 0 spiro atoms. The Hall–Kier alpha value is -0.810. The first-order valence-electron chi connectivity index (χ1n) is 5.21. The Morgan fingerprint density at radius 3 is 3.13 bits per heavy atom. The normalized spacial score (nSPS) is 23.6. The summed E-state index contributed by atoms with van der Waals surface area (Å²) in [6.07, 6.45) is 7.13. The fraction of sp³-hybridized carbons (Fsp3) is 0.600. The number of hydrogen-bond acceptors (Lipinski definition) is 4. The van der Waals surface area contributed by atoms with E-state index < -0.39 is 10.8 Å². The lowest BCUT2D eigenvalue weighted by molar-refractivity contribution is 0.408. The summed E-state index contributed by atoms with van der Waals surface area (Å²) >= 11 is 0. The molecule has 5 heteroatoms. The average Bonchev–Trinajstić information content (AvgIpc) is 2.31. The van der Waals surface area contributed by atoms with Gasteiger partial charge in [-0.25, -0.2) is 4.98 Å². The summed E-state index contributed by atoms with van der Waals surface area (Å²) in [7, 11) is -0.995. The SMILES string of the molecule is O=[S@](C[C@@H]1CCCNC1)c1cnccn1. The van der Waals surface area contributed by atoms with Gasteiger partial charge in [-0.2, -0.15) is 0 Å². The molecule has 1 fully saturated rings. The highest BCUT2D eigenvalue weighted by Gasteiger charge is 2.17. The highest BCUT2D eigenvalue weighted by Crippen LogP contribution is 2.13. The van der Waals surface area contributed by atoms with Gasteiger partial charge in [0.1, 0.15) is 5.03 Å². The summed E-state index contributed by atoms with van der Waals surface area (Å²) in [6, 6.07) is 0. The van der Waals surface area contributed by atoms with Crippen molar-refractivity contribution in [2.75, 3.05) is 18.8 Å². The Morgan fingerprint density at radius 1 is 1.53 bits per heavy atom. The molecule has 0 aromatic carbocycles. The Kier molecular flexibility index (Phi) is 3.80. The van der Waals surface area contributed by atoms with Gasteiger partial charge in [0.25, 0.3) is 0 Å². The second-order valence-electron chi connectivity index (χ2n) is 3.77. The van der Waals surface area contributed by atoms with Crippen LogP contribution in [0.25, 0.3) is 0 Å². The van der Waals surface area contributed by atoms with Crippen molar-refractivity contribution < 1.29 is 4.21 Å². The van der Waals surface area contributed by atoms with Gasteiger partial charge >= 0.3 is 0 Å². The van der Waals surface area contributed by atoms with Crippen LogP contribution in [-0.4, -0.2) is 33.0 Å². The summed E-state index contributed by atoms with van der Waals surface area (Å²) < 4.78 is 11.9. The quantitative estimate of drug-likeness (QED) is 0.817. The first-order valence-corrected chi connectivity index (χ1v) is 6.53. The molecule has 1 saturated heterocycles. The molecule has 4 nitrogen and oxygen atoms in total. The van der Waals surface area contributed by atoms with Crippen LogP contribution in [0.3, 0.4) is 0 Å². The number of hydrogen-bond donors (Lipinski definition) is 1. The fourth-order valence-corrected chi connectivity index (χ4v) is 3.01. The van der Waals surface area contributed by atoms with E-state index in [-0.39, 0.29) is 0 Å². The van der Waals surface area contributed by atoms with E-state index in [1.54, 1.807) is 18.6 Å². The third-order valence-corrected chi connectivity index (χ3v) is 4.01. The van der Waals surface area contributed by atoms with E-state index in [0.29, 0.717) is 16.7 Å². The molecule has 1 aromatic heterocycles. The van der Waals surface area contributed by atoms with Crippen molar-refractivity contribution in [3.05, 3.63) is 18.6 Å². The fourth-order valence-electron chi connectivity index (χ4n) is 1.77. The monoisotopic (exact) mass is 225 g/mol. The molecule has 2 atom stereocenters. The maximum absolute atomic E-state index is 11.9. The Labute approximate surface area is 92.0 Å². The van der Waals surface area contributed by atoms with Crippen LogP contribution in [0, 0.1) is 5.92 Å². The molecule has 0 unspecified atom stereocenters. The molecular weight excluding hydrogens is 210 g/mol. The summed E-state index contributed by atoms with van der Waals surface area (Å²) in [5, 5.41) is 3.92. The van der Waals surface area contributed by atoms with E-state index in [2.05, 4.69) is 15.3 Å². The molecule has 0 radical (unpaired) electrons. The molecule has 1 aromatic rings. The van der Waals surface area contributed by atoms with Crippen LogP contribution >= 0.6 is 0 Å². The molecular formula is C10H15N3OS. The second kappa shape index (κ2) is 5.32. The lowest BCUT2D eigenvalue weighted by Crippen LogP contribution is -2.32. The average molecular weight is 225 g/mol. The van der Waals surface area contributed by atoms with Gasteiger partial charge in [-0.15, -0.1) is 0 Å². The van der Waals surface area contributed by atoms with Gasteiger partial charge in [-0.3, -0.25) is 9.19 Å². The summed E-state index contributed by atoms with van der Waals surface area (Å²) in [5.41, 5.74) is 0. The standard InChI is InChI=1S/C10H15N3OS/c14-15(10-7-12-4-5-13-10)8-9-2-1-3-11-6-9/h4-5,7,9,11H,1-3,6,8H2/t9-,15-/m1/s1. The number of piperidine rings is 1. The molecule has 1 N–H and O–H groups in total. The van der Waals surface area contributed by atoms with Gasteiger partial charge in [-0.1, -0.05) is 0 Å². The van der Waals surface area contributed by atoms with Crippen LogP contribution < -0.4 is 5.32 Å². The largest absolute Gasteiger partial charge is 0.316 e. The van der Waals surface area contributed by atoms with Gasteiger partial charge in [0.05, 0.1) is 17.0 Å². The van der Waals surface area contributed by atoms with E-state index in [1.807, 2.05) is 0 Å². The van der Waals surface area contributed by atoms with Gasteiger partial charge in [0.15, 0.2) is 0 Å². The molecule has 82 valence electrons. The van der Waals surface area contributed by atoms with Crippen LogP contribution in [-0.2, 0) is 10.8 Å². The second-order valence-corrected chi connectivity index (χ2v) is 5.21. The minimum absolute atomic E-state index is 0.515. The molecule has 2 heterocycles. The van der Waals surface area contributed by atoms with E-state index in [4.69, 9.17) is 0 Å². The Morgan fingerprint density at radius 2 is 2.47 bits per heavy atom. The van der Waals surface area contributed by atoms with Crippen LogP contribution in [0.15, 0.2) is 23.6 Å². The van der Waals surface area contributed by atoms with Crippen LogP contribution in [0.4, 0.5) is 0 Å². The molecule has 2 rings (SSSR count). The van der Waals surface area contributed by atoms with E-state index in [9.17, 15) is 4.21 Å². The molecule has 0 amide bonds.